The van der Waals surface area contributed by atoms with Gasteiger partial charge in [0.1, 0.15) is 23.7 Å². The molecule has 0 saturated heterocycles. The van der Waals surface area contributed by atoms with Crippen LogP contribution in [0.2, 0.25) is 0 Å². The van der Waals surface area contributed by atoms with E-state index >= 15 is 0 Å². The van der Waals surface area contributed by atoms with Crippen LogP contribution in [0.1, 0.15) is 44.1 Å². The monoisotopic (exact) mass is 662 g/mol. The van der Waals surface area contributed by atoms with E-state index in [4.69, 9.17) is 9.47 Å². The molecule has 3 N–H and O–H groups in total. The number of hydrogen-bond acceptors (Lipinski definition) is 6. The molecule has 0 spiro atoms. The molecule has 40 heavy (non-hydrogen) atoms. The van der Waals surface area contributed by atoms with Gasteiger partial charge in [0.15, 0.2) is 0 Å². The van der Waals surface area contributed by atoms with Gasteiger partial charge in [0.25, 0.3) is 0 Å². The molecule has 9 heteroatoms. The molecule has 0 radical (unpaired) electrons. The molecule has 0 aliphatic heterocycles. The SMILES string of the molecule is COc1ccccc1CCN(C(=O)CC1CCCC1)[C@@H]1CC(C(=O)NCCO)=C[C@H](Oc2ccccc2I)[C@H]1O. The van der Waals surface area contributed by atoms with Crippen LogP contribution in [0, 0.1) is 9.49 Å². The molecular formula is C31H39IN2O6. The van der Waals surface area contributed by atoms with Gasteiger partial charge in [-0.1, -0.05) is 43.2 Å². The minimum Gasteiger partial charge on any atom is -0.496 e. The highest BCUT2D eigenvalue weighted by molar-refractivity contribution is 14.1. The number of aliphatic hydroxyl groups excluding tert-OH is 2. The number of ether oxygens (including phenoxy) is 2. The van der Waals surface area contributed by atoms with Crippen molar-refractivity contribution >= 4 is 34.4 Å². The zero-order valence-corrected chi connectivity index (χ0v) is 25.1. The van der Waals surface area contributed by atoms with Crippen LogP contribution in [0.15, 0.2) is 60.2 Å². The standard InChI is InChI=1S/C31H39IN2O6/c1-39-26-12-6-4-10-22(26)14-16-34(29(36)18-21-8-2-3-9-21)25-19-23(31(38)33-15-17-35)20-28(30(25)37)40-27-13-7-5-11-24(27)32/h4-7,10-13,20-21,25,28,30,35,37H,2-3,8-9,14-19H2,1H3,(H,33,38)/t25-,28+,30+/m1/s1. The maximum Gasteiger partial charge on any atom is 0.247 e. The fraction of sp³-hybridized carbons (Fsp3) is 0.484. The Morgan fingerprint density at radius 3 is 2.48 bits per heavy atom. The van der Waals surface area contributed by atoms with E-state index in [9.17, 15) is 19.8 Å². The Morgan fingerprint density at radius 1 is 1.07 bits per heavy atom. The maximum atomic E-state index is 13.9. The van der Waals surface area contributed by atoms with E-state index in [-0.39, 0.29) is 31.4 Å². The molecule has 2 aromatic rings. The van der Waals surface area contributed by atoms with Crippen LogP contribution in [0.3, 0.4) is 0 Å². The average Bonchev–Trinajstić information content (AvgIpc) is 3.47. The van der Waals surface area contributed by atoms with Crippen molar-refractivity contribution in [2.45, 2.75) is 63.2 Å². The average molecular weight is 663 g/mol. The van der Waals surface area contributed by atoms with Crippen molar-refractivity contribution in [3.63, 3.8) is 0 Å². The van der Waals surface area contributed by atoms with Gasteiger partial charge < -0.3 is 29.9 Å². The number of benzene rings is 2. The molecule has 2 aliphatic carbocycles. The molecule has 0 heterocycles. The number of halogens is 1. The Bertz CT molecular complexity index is 1180. The number of para-hydroxylation sites is 2. The molecule has 8 nitrogen and oxygen atoms in total. The van der Waals surface area contributed by atoms with Gasteiger partial charge in [0, 0.05) is 31.5 Å². The molecule has 2 aliphatic rings. The summed E-state index contributed by atoms with van der Waals surface area (Å²) < 4.78 is 12.7. The highest BCUT2D eigenvalue weighted by Crippen LogP contribution is 2.33. The van der Waals surface area contributed by atoms with E-state index in [1.807, 2.05) is 48.5 Å². The van der Waals surface area contributed by atoms with Crippen LogP contribution in [0.4, 0.5) is 0 Å². The van der Waals surface area contributed by atoms with Gasteiger partial charge in [0.2, 0.25) is 11.8 Å². The minimum atomic E-state index is -1.05. The first kappa shape index (κ1) is 30.3. The number of hydrogen-bond donors (Lipinski definition) is 3. The predicted octanol–water partition coefficient (Wildman–Crippen LogP) is 3.87. The summed E-state index contributed by atoms with van der Waals surface area (Å²) in [6, 6.07) is 14.6. The largest absolute Gasteiger partial charge is 0.496 e. The minimum absolute atomic E-state index is 0.0177. The summed E-state index contributed by atoms with van der Waals surface area (Å²) in [5.41, 5.74) is 1.40. The lowest BCUT2D eigenvalue weighted by Crippen LogP contribution is -2.55. The van der Waals surface area contributed by atoms with E-state index in [0.29, 0.717) is 36.6 Å². The first-order valence-electron chi connectivity index (χ1n) is 14.0. The fourth-order valence-corrected chi connectivity index (χ4v) is 6.19. The molecule has 216 valence electrons. The Balaban J connectivity index is 1.64. The quantitative estimate of drug-likeness (QED) is 0.298. The molecule has 3 atom stereocenters. The molecule has 2 aromatic carbocycles. The topological polar surface area (TPSA) is 108 Å². The summed E-state index contributed by atoms with van der Waals surface area (Å²) in [6.45, 7) is 0.302. The molecule has 0 aromatic heterocycles. The van der Waals surface area contributed by atoms with Crippen molar-refractivity contribution < 1.29 is 29.3 Å². The van der Waals surface area contributed by atoms with Crippen molar-refractivity contribution in [3.8, 4) is 11.5 Å². The summed E-state index contributed by atoms with van der Waals surface area (Å²) in [5, 5.41) is 23.6. The molecule has 1 saturated carbocycles. The first-order valence-corrected chi connectivity index (χ1v) is 15.1. The smallest absolute Gasteiger partial charge is 0.247 e. The van der Waals surface area contributed by atoms with Crippen LogP contribution >= 0.6 is 22.6 Å². The lowest BCUT2D eigenvalue weighted by molar-refractivity contribution is -0.139. The van der Waals surface area contributed by atoms with Gasteiger partial charge >= 0.3 is 0 Å². The van der Waals surface area contributed by atoms with E-state index in [1.165, 1.54) is 0 Å². The van der Waals surface area contributed by atoms with E-state index < -0.39 is 18.2 Å². The molecule has 1 fully saturated rings. The van der Waals surface area contributed by atoms with Gasteiger partial charge in [-0.2, -0.15) is 0 Å². The summed E-state index contributed by atoms with van der Waals surface area (Å²) in [5.74, 6) is 1.32. The third kappa shape index (κ3) is 7.76. The predicted molar refractivity (Wildman–Crippen MR) is 161 cm³/mol. The van der Waals surface area contributed by atoms with Crippen molar-refractivity contribution in [3.05, 3.63) is 69.3 Å². The van der Waals surface area contributed by atoms with Crippen LogP contribution < -0.4 is 14.8 Å². The number of nitrogens with zero attached hydrogens (tertiary/aromatic N) is 1. The molecule has 2 amide bonds. The van der Waals surface area contributed by atoms with Gasteiger partial charge in [-0.25, -0.2) is 0 Å². The highest BCUT2D eigenvalue weighted by Gasteiger charge is 2.41. The van der Waals surface area contributed by atoms with E-state index in [2.05, 4.69) is 27.9 Å². The van der Waals surface area contributed by atoms with Gasteiger partial charge in [-0.15, -0.1) is 0 Å². The molecule has 4 rings (SSSR count). The maximum absolute atomic E-state index is 13.9. The summed E-state index contributed by atoms with van der Waals surface area (Å²) in [6.07, 6.45) is 5.26. The summed E-state index contributed by atoms with van der Waals surface area (Å²) in [7, 11) is 1.63. The number of carbonyl (C=O) groups excluding carboxylic acids is 2. The second kappa shape index (κ2) is 14.8. The van der Waals surface area contributed by atoms with Gasteiger partial charge in [-0.05, 0) is 77.6 Å². The first-order chi connectivity index (χ1) is 19.4. The zero-order valence-electron chi connectivity index (χ0n) is 22.9. The van der Waals surface area contributed by atoms with E-state index in [1.54, 1.807) is 18.1 Å². The Kier molecular flexibility index (Phi) is 11.3. The number of methoxy groups -OCH3 is 1. The van der Waals surface area contributed by atoms with Crippen LogP contribution in [-0.4, -0.2) is 72.0 Å². The van der Waals surface area contributed by atoms with Crippen molar-refractivity contribution in [1.82, 2.24) is 10.2 Å². The normalized spacial score (nSPS) is 21.0. The molecular weight excluding hydrogens is 623 g/mol. The van der Waals surface area contributed by atoms with Crippen molar-refractivity contribution in [1.29, 1.82) is 0 Å². The lowest BCUT2D eigenvalue weighted by Gasteiger charge is -2.41. The van der Waals surface area contributed by atoms with Crippen LogP contribution in [0.25, 0.3) is 0 Å². The Morgan fingerprint density at radius 2 is 1.77 bits per heavy atom. The number of carbonyl (C=O) groups is 2. The highest BCUT2D eigenvalue weighted by atomic mass is 127. The third-order valence-electron chi connectivity index (χ3n) is 7.79. The third-order valence-corrected chi connectivity index (χ3v) is 8.68. The molecule has 0 bridgehead atoms. The van der Waals surface area contributed by atoms with Crippen molar-refractivity contribution in [2.24, 2.45) is 5.92 Å². The fourth-order valence-electron chi connectivity index (χ4n) is 5.67. The van der Waals surface area contributed by atoms with Crippen molar-refractivity contribution in [2.75, 3.05) is 26.8 Å². The molecule has 0 unspecified atom stereocenters. The number of amides is 2. The number of nitrogens with one attached hydrogen (secondary N) is 1. The number of rotatable bonds is 12. The van der Waals surface area contributed by atoms with E-state index in [0.717, 1.165) is 40.6 Å². The zero-order chi connectivity index (χ0) is 28.5. The van der Waals surface area contributed by atoms with Crippen LogP contribution in [0.5, 0.6) is 11.5 Å². The van der Waals surface area contributed by atoms with Gasteiger partial charge in [-0.3, -0.25) is 9.59 Å². The summed E-state index contributed by atoms with van der Waals surface area (Å²) >= 11 is 2.17. The van der Waals surface area contributed by atoms with Crippen LogP contribution in [-0.2, 0) is 16.0 Å². The summed E-state index contributed by atoms with van der Waals surface area (Å²) in [4.78, 5) is 28.7. The number of aliphatic hydroxyl groups is 2. The second-order valence-corrected chi connectivity index (χ2v) is 11.6. The Hall–Kier alpha value is -2.63. The van der Waals surface area contributed by atoms with Gasteiger partial charge in [0.05, 0.1) is 23.3 Å². The second-order valence-electron chi connectivity index (χ2n) is 10.4. The Labute approximate surface area is 249 Å². The lowest BCUT2D eigenvalue weighted by atomic mass is 9.87.